The number of carbonyl (C=O) groups is 2. The number of methoxy groups -OCH3 is 1. The van der Waals surface area contributed by atoms with Crippen molar-refractivity contribution < 1.29 is 14.3 Å². The van der Waals surface area contributed by atoms with Crippen molar-refractivity contribution in [2.45, 2.75) is 32.7 Å². The van der Waals surface area contributed by atoms with Gasteiger partial charge in [-0.05, 0) is 35.6 Å². The quantitative estimate of drug-likeness (QED) is 0.642. The van der Waals surface area contributed by atoms with Crippen LogP contribution in [-0.4, -0.2) is 33.3 Å². The number of aromatic nitrogens is 3. The van der Waals surface area contributed by atoms with E-state index in [1.165, 1.54) is 6.07 Å². The zero-order valence-corrected chi connectivity index (χ0v) is 18.6. The molecule has 1 aromatic carbocycles. The third-order valence-electron chi connectivity index (χ3n) is 5.78. The largest absolute Gasteiger partial charge is 0.497 e. The van der Waals surface area contributed by atoms with Gasteiger partial charge in [0, 0.05) is 37.1 Å². The van der Waals surface area contributed by atoms with Crippen LogP contribution in [0.5, 0.6) is 5.75 Å². The molecule has 2 aromatic heterocycles. The summed E-state index contributed by atoms with van der Waals surface area (Å²) in [5.41, 5.74) is 0.895. The van der Waals surface area contributed by atoms with Gasteiger partial charge in [0.25, 0.3) is 11.5 Å². The van der Waals surface area contributed by atoms with Crippen LogP contribution in [0.2, 0.25) is 0 Å². The Hall–Kier alpha value is -3.68. The lowest BCUT2D eigenvalue weighted by Gasteiger charge is -2.29. The maximum Gasteiger partial charge on any atom is 0.261 e. The van der Waals surface area contributed by atoms with Gasteiger partial charge < -0.3 is 19.6 Å². The van der Waals surface area contributed by atoms with E-state index >= 15 is 0 Å². The van der Waals surface area contributed by atoms with Crippen molar-refractivity contribution in [2.24, 2.45) is 12.5 Å². The predicted octanol–water partition coefficient (Wildman–Crippen LogP) is 2.79. The number of ketones is 1. The van der Waals surface area contributed by atoms with Crippen molar-refractivity contribution in [3.05, 3.63) is 81.3 Å². The number of nitrogens with zero attached hydrogens (tertiary/aromatic N) is 2. The first-order chi connectivity index (χ1) is 15.2. The summed E-state index contributed by atoms with van der Waals surface area (Å²) in [4.78, 5) is 45.8. The molecule has 4 rings (SSSR count). The molecule has 0 saturated heterocycles. The number of hydrogen-bond acceptors (Lipinski definition) is 5. The van der Waals surface area contributed by atoms with Gasteiger partial charge in [0.05, 0.1) is 7.11 Å². The summed E-state index contributed by atoms with van der Waals surface area (Å²) in [5.74, 6) is 0.576. The first-order valence-electron chi connectivity index (χ1n) is 10.4. The molecule has 32 heavy (non-hydrogen) atoms. The maximum absolute atomic E-state index is 13.2. The van der Waals surface area contributed by atoms with Crippen LogP contribution < -0.4 is 15.6 Å². The van der Waals surface area contributed by atoms with Crippen LogP contribution in [-0.2, 0) is 13.5 Å². The number of benzene rings is 1. The number of aryl methyl sites for hydroxylation is 1. The van der Waals surface area contributed by atoms with E-state index in [4.69, 9.17) is 4.74 Å². The molecular weight excluding hydrogens is 408 g/mol. The summed E-state index contributed by atoms with van der Waals surface area (Å²) in [6, 6.07) is 8.09. The number of H-pyrrole nitrogens is 1. The van der Waals surface area contributed by atoms with Gasteiger partial charge in [0.2, 0.25) is 0 Å². The van der Waals surface area contributed by atoms with Crippen LogP contribution in [0.25, 0.3) is 0 Å². The molecule has 1 atom stereocenters. The third-order valence-corrected chi connectivity index (χ3v) is 5.78. The fraction of sp³-hybridized carbons (Fsp3) is 0.333. The minimum absolute atomic E-state index is 0.0741. The number of aromatic amines is 1. The minimum Gasteiger partial charge on any atom is -0.497 e. The molecule has 3 aromatic rings. The standard InChI is InChI=1S/C24H26N4O4/c1-24(2)12-18-16(19(29)13-24)11-17(22(30)26-18)23(31)27-20(21-25-8-9-28(21)3)14-6-5-7-15(10-14)32-4/h5-11,20H,12-13H2,1-4H3,(H,26,30)(H,27,31). The van der Waals surface area contributed by atoms with E-state index in [0.717, 1.165) is 5.56 Å². The number of hydrogen-bond donors (Lipinski definition) is 2. The first-order valence-corrected chi connectivity index (χ1v) is 10.4. The Morgan fingerprint density at radius 2 is 2.03 bits per heavy atom. The topological polar surface area (TPSA) is 106 Å². The zero-order valence-electron chi connectivity index (χ0n) is 18.6. The minimum atomic E-state index is -0.623. The van der Waals surface area contributed by atoms with Crippen molar-refractivity contribution in [1.82, 2.24) is 19.9 Å². The van der Waals surface area contributed by atoms with Crippen molar-refractivity contribution in [3.8, 4) is 5.75 Å². The van der Waals surface area contributed by atoms with Crippen molar-refractivity contribution in [2.75, 3.05) is 7.11 Å². The molecule has 0 radical (unpaired) electrons. The van der Waals surface area contributed by atoms with E-state index < -0.39 is 17.5 Å². The number of nitrogens with one attached hydrogen (secondary N) is 2. The first kappa shape index (κ1) is 21.5. The van der Waals surface area contributed by atoms with E-state index in [0.29, 0.717) is 35.7 Å². The monoisotopic (exact) mass is 434 g/mol. The van der Waals surface area contributed by atoms with Gasteiger partial charge in [0.1, 0.15) is 23.2 Å². The molecule has 2 heterocycles. The van der Waals surface area contributed by atoms with Gasteiger partial charge in [-0.2, -0.15) is 0 Å². The number of imidazole rings is 1. The summed E-state index contributed by atoms with van der Waals surface area (Å²) < 4.78 is 7.12. The lowest BCUT2D eigenvalue weighted by Crippen LogP contribution is -2.37. The van der Waals surface area contributed by atoms with Gasteiger partial charge in [-0.15, -0.1) is 0 Å². The number of amides is 1. The summed E-state index contributed by atoms with van der Waals surface area (Å²) >= 11 is 0. The molecule has 0 aliphatic heterocycles. The molecule has 2 N–H and O–H groups in total. The molecule has 1 unspecified atom stereocenters. The Balaban J connectivity index is 1.72. The van der Waals surface area contributed by atoms with Crippen LogP contribution in [0.1, 0.15) is 64.1 Å². The molecule has 1 aliphatic carbocycles. The fourth-order valence-corrected chi connectivity index (χ4v) is 4.18. The van der Waals surface area contributed by atoms with E-state index in [1.807, 2.05) is 45.2 Å². The molecular formula is C24H26N4O4. The van der Waals surface area contributed by atoms with E-state index in [2.05, 4.69) is 15.3 Å². The van der Waals surface area contributed by atoms with Crippen molar-refractivity contribution in [3.63, 3.8) is 0 Å². The fourth-order valence-electron chi connectivity index (χ4n) is 4.18. The summed E-state index contributed by atoms with van der Waals surface area (Å²) in [6.45, 7) is 3.97. The van der Waals surface area contributed by atoms with Gasteiger partial charge in [-0.1, -0.05) is 26.0 Å². The highest BCUT2D eigenvalue weighted by molar-refractivity contribution is 6.02. The Bertz CT molecular complexity index is 1250. The summed E-state index contributed by atoms with van der Waals surface area (Å²) in [6.07, 6.45) is 4.36. The molecule has 166 valence electrons. The number of pyridine rings is 1. The van der Waals surface area contributed by atoms with Crippen LogP contribution in [0.3, 0.4) is 0 Å². The predicted molar refractivity (Wildman–Crippen MR) is 119 cm³/mol. The molecule has 0 saturated carbocycles. The van der Waals surface area contributed by atoms with Gasteiger partial charge in [-0.25, -0.2) is 4.98 Å². The number of carbonyl (C=O) groups excluding carboxylic acids is 2. The second-order valence-electron chi connectivity index (χ2n) is 8.92. The molecule has 8 heteroatoms. The zero-order chi connectivity index (χ0) is 23.0. The van der Waals surface area contributed by atoms with Gasteiger partial charge >= 0.3 is 0 Å². The lowest BCUT2D eigenvalue weighted by molar-refractivity contribution is 0.0910. The average molecular weight is 434 g/mol. The van der Waals surface area contributed by atoms with Crippen molar-refractivity contribution >= 4 is 11.7 Å². The Morgan fingerprint density at radius 1 is 1.25 bits per heavy atom. The molecule has 0 spiro atoms. The molecule has 0 bridgehead atoms. The second kappa shape index (κ2) is 8.11. The van der Waals surface area contributed by atoms with E-state index in [9.17, 15) is 14.4 Å². The van der Waals surface area contributed by atoms with E-state index in [-0.39, 0.29) is 16.8 Å². The van der Waals surface area contributed by atoms with Crippen LogP contribution in [0, 0.1) is 5.41 Å². The third kappa shape index (κ3) is 4.08. The number of Topliss-reactive ketones (excluding diaryl/α,β-unsaturated/α-hetero) is 1. The van der Waals surface area contributed by atoms with E-state index in [1.54, 1.807) is 24.1 Å². The number of rotatable bonds is 5. The highest BCUT2D eigenvalue weighted by Gasteiger charge is 2.33. The Kier molecular flexibility index (Phi) is 5.46. The smallest absolute Gasteiger partial charge is 0.261 e. The Morgan fingerprint density at radius 3 is 2.72 bits per heavy atom. The maximum atomic E-state index is 13.2. The SMILES string of the molecule is COc1cccc(C(NC(=O)c2cc3c([nH]c2=O)CC(C)(C)CC3=O)c2nccn2C)c1. The van der Waals surface area contributed by atoms with Crippen LogP contribution in [0.4, 0.5) is 0 Å². The van der Waals surface area contributed by atoms with Gasteiger partial charge in [-0.3, -0.25) is 14.4 Å². The average Bonchev–Trinajstić information content (AvgIpc) is 3.16. The number of fused-ring (bicyclic) bond motifs is 1. The lowest BCUT2D eigenvalue weighted by atomic mass is 9.75. The highest BCUT2D eigenvalue weighted by atomic mass is 16.5. The van der Waals surface area contributed by atoms with Crippen molar-refractivity contribution in [1.29, 1.82) is 0 Å². The van der Waals surface area contributed by atoms with Crippen LogP contribution in [0.15, 0.2) is 47.5 Å². The molecule has 8 nitrogen and oxygen atoms in total. The molecule has 0 fully saturated rings. The summed E-state index contributed by atoms with van der Waals surface area (Å²) in [5, 5.41) is 2.91. The summed E-state index contributed by atoms with van der Waals surface area (Å²) in [7, 11) is 3.40. The normalized spacial score (nSPS) is 15.7. The number of ether oxygens (including phenoxy) is 1. The molecule has 1 aliphatic rings. The van der Waals surface area contributed by atoms with Gasteiger partial charge in [0.15, 0.2) is 5.78 Å². The second-order valence-corrected chi connectivity index (χ2v) is 8.92. The Labute approximate surface area is 185 Å². The van der Waals surface area contributed by atoms with Crippen LogP contribution >= 0.6 is 0 Å². The highest BCUT2D eigenvalue weighted by Crippen LogP contribution is 2.33. The molecule has 1 amide bonds.